The molecule has 0 saturated carbocycles. The van der Waals surface area contributed by atoms with E-state index in [1.54, 1.807) is 12.1 Å². The Labute approximate surface area is 170 Å². The van der Waals surface area contributed by atoms with E-state index >= 15 is 0 Å². The third-order valence-electron chi connectivity index (χ3n) is 5.10. The van der Waals surface area contributed by atoms with Gasteiger partial charge >= 0.3 is 17.5 Å². The molecule has 0 spiro atoms. The number of hydrogen-bond donors (Lipinski definition) is 2. The quantitative estimate of drug-likeness (QED) is 0.440. The molecule has 158 valence electrons. The zero-order valence-corrected chi connectivity index (χ0v) is 15.8. The monoisotopic (exact) mass is 419 g/mol. The predicted molar refractivity (Wildman–Crippen MR) is 103 cm³/mol. The van der Waals surface area contributed by atoms with E-state index in [1.807, 2.05) is 0 Å². The lowest BCUT2D eigenvalue weighted by atomic mass is 9.74. The molecule has 0 bridgehead atoms. The van der Waals surface area contributed by atoms with E-state index in [9.17, 15) is 28.5 Å². The highest BCUT2D eigenvalue weighted by atomic mass is 19.1. The van der Waals surface area contributed by atoms with Crippen molar-refractivity contribution in [2.75, 3.05) is 25.1 Å². The molecule has 30 heavy (non-hydrogen) atoms. The Kier molecular flexibility index (Phi) is 6.36. The van der Waals surface area contributed by atoms with Crippen LogP contribution in [0.15, 0.2) is 42.5 Å². The fourth-order valence-corrected chi connectivity index (χ4v) is 3.38. The van der Waals surface area contributed by atoms with E-state index in [-0.39, 0.29) is 18.0 Å². The number of benzene rings is 2. The van der Waals surface area contributed by atoms with Gasteiger partial charge in [-0.15, -0.1) is 0 Å². The Balaban J connectivity index is 1.68. The van der Waals surface area contributed by atoms with Gasteiger partial charge in [-0.2, -0.15) is 4.39 Å². The van der Waals surface area contributed by atoms with Gasteiger partial charge in [0, 0.05) is 36.9 Å². The number of halogens is 2. The molecular weight excluding hydrogens is 400 g/mol. The molecule has 2 aromatic rings. The van der Waals surface area contributed by atoms with Crippen molar-refractivity contribution in [1.29, 1.82) is 0 Å². The summed E-state index contributed by atoms with van der Waals surface area (Å²) in [5.41, 5.74) is -0.591. The predicted octanol–water partition coefficient (Wildman–Crippen LogP) is 2.68. The lowest BCUT2D eigenvalue weighted by Crippen LogP contribution is -2.47. The maximum absolute atomic E-state index is 13.4. The summed E-state index contributed by atoms with van der Waals surface area (Å²) in [4.78, 5) is 34.3. The zero-order chi connectivity index (χ0) is 21.7. The normalized spacial score (nSPS) is 15.3. The van der Waals surface area contributed by atoms with Crippen molar-refractivity contribution >= 4 is 23.2 Å². The Hall–Kier alpha value is -3.40. The third-order valence-corrected chi connectivity index (χ3v) is 5.10. The number of amides is 2. The molecule has 2 aromatic carbocycles. The second-order valence-electron chi connectivity index (χ2n) is 6.96. The van der Waals surface area contributed by atoms with Gasteiger partial charge in [0.15, 0.2) is 0 Å². The van der Waals surface area contributed by atoms with Crippen LogP contribution in [0.3, 0.4) is 0 Å². The summed E-state index contributed by atoms with van der Waals surface area (Å²) in [6, 6.07) is 8.74. The molecule has 0 aromatic heterocycles. The Bertz CT molecular complexity index is 959. The molecule has 2 N–H and O–H groups in total. The molecule has 0 aliphatic carbocycles. The van der Waals surface area contributed by atoms with E-state index in [2.05, 4.69) is 10.6 Å². The minimum absolute atomic E-state index is 0.0810. The molecule has 0 atom stereocenters. The molecule has 8 nitrogen and oxygen atoms in total. The summed E-state index contributed by atoms with van der Waals surface area (Å²) in [6.45, 7) is 1.04. The lowest BCUT2D eigenvalue weighted by molar-refractivity contribution is -0.387. The van der Waals surface area contributed by atoms with Crippen LogP contribution in [0, 0.1) is 21.7 Å². The summed E-state index contributed by atoms with van der Waals surface area (Å²) in [5.74, 6) is -3.42. The number of rotatable bonds is 5. The van der Waals surface area contributed by atoms with Crippen LogP contribution in [0.25, 0.3) is 0 Å². The fourth-order valence-electron chi connectivity index (χ4n) is 3.38. The van der Waals surface area contributed by atoms with E-state index in [0.29, 0.717) is 26.1 Å². The summed E-state index contributed by atoms with van der Waals surface area (Å²) < 4.78 is 32.1. The van der Waals surface area contributed by atoms with Crippen molar-refractivity contribution in [1.82, 2.24) is 5.32 Å². The molecule has 2 amide bonds. The number of carbonyl (C=O) groups is 2. The zero-order valence-electron chi connectivity index (χ0n) is 15.8. The SMILES string of the molecule is O=C(NCC1(c2ccc(F)cc2)CCOCC1)C(=O)Nc1ccc(F)c([N+](=O)[O-])c1. The number of carbonyl (C=O) groups excluding carboxylic acids is 2. The Morgan fingerprint density at radius 2 is 1.73 bits per heavy atom. The van der Waals surface area contributed by atoms with Crippen LogP contribution in [-0.2, 0) is 19.7 Å². The van der Waals surface area contributed by atoms with Gasteiger partial charge in [0.05, 0.1) is 4.92 Å². The Morgan fingerprint density at radius 3 is 2.37 bits per heavy atom. The number of nitro benzene ring substituents is 1. The van der Waals surface area contributed by atoms with Gasteiger partial charge in [0.1, 0.15) is 5.82 Å². The van der Waals surface area contributed by atoms with Crippen LogP contribution in [0.5, 0.6) is 0 Å². The number of nitrogens with one attached hydrogen (secondary N) is 2. The second kappa shape index (κ2) is 8.95. The second-order valence-corrected chi connectivity index (χ2v) is 6.96. The smallest absolute Gasteiger partial charge is 0.313 e. The molecule has 1 heterocycles. The molecule has 10 heteroatoms. The number of ether oxygens (including phenoxy) is 1. The van der Waals surface area contributed by atoms with Crippen molar-refractivity contribution in [3.63, 3.8) is 0 Å². The van der Waals surface area contributed by atoms with Crippen LogP contribution in [0.4, 0.5) is 20.2 Å². The molecule has 1 aliphatic rings. The maximum atomic E-state index is 13.4. The van der Waals surface area contributed by atoms with Crippen molar-refractivity contribution in [3.8, 4) is 0 Å². The number of hydrogen-bond acceptors (Lipinski definition) is 5. The average Bonchev–Trinajstić information content (AvgIpc) is 2.74. The average molecular weight is 419 g/mol. The van der Waals surface area contributed by atoms with Crippen molar-refractivity contribution in [2.24, 2.45) is 0 Å². The minimum atomic E-state index is -1.05. The number of nitrogens with zero attached hydrogens (tertiary/aromatic N) is 1. The highest BCUT2D eigenvalue weighted by Gasteiger charge is 2.35. The van der Waals surface area contributed by atoms with E-state index in [1.165, 1.54) is 12.1 Å². The minimum Gasteiger partial charge on any atom is -0.381 e. The molecular formula is C20H19F2N3O5. The largest absolute Gasteiger partial charge is 0.381 e. The van der Waals surface area contributed by atoms with Gasteiger partial charge in [-0.05, 0) is 42.7 Å². The molecule has 3 rings (SSSR count). The van der Waals surface area contributed by atoms with E-state index < -0.39 is 33.7 Å². The summed E-state index contributed by atoms with van der Waals surface area (Å²) >= 11 is 0. The Morgan fingerprint density at radius 1 is 1.07 bits per heavy atom. The van der Waals surface area contributed by atoms with E-state index in [0.717, 1.165) is 23.8 Å². The van der Waals surface area contributed by atoms with Crippen LogP contribution >= 0.6 is 0 Å². The third kappa shape index (κ3) is 4.77. The van der Waals surface area contributed by atoms with Gasteiger partial charge in [-0.3, -0.25) is 19.7 Å². The highest BCUT2D eigenvalue weighted by molar-refractivity contribution is 6.39. The summed E-state index contributed by atoms with van der Waals surface area (Å²) in [5, 5.41) is 15.6. The maximum Gasteiger partial charge on any atom is 0.313 e. The van der Waals surface area contributed by atoms with E-state index in [4.69, 9.17) is 4.74 Å². The molecule has 1 aliphatic heterocycles. The molecule has 0 unspecified atom stereocenters. The van der Waals surface area contributed by atoms with Crippen molar-refractivity contribution < 1.29 is 28.0 Å². The van der Waals surface area contributed by atoms with Gasteiger partial charge in [0.25, 0.3) is 0 Å². The van der Waals surface area contributed by atoms with Crippen LogP contribution in [0.2, 0.25) is 0 Å². The van der Waals surface area contributed by atoms with Crippen LogP contribution in [-0.4, -0.2) is 36.5 Å². The molecule has 0 radical (unpaired) electrons. The van der Waals surface area contributed by atoms with Crippen molar-refractivity contribution in [2.45, 2.75) is 18.3 Å². The highest BCUT2D eigenvalue weighted by Crippen LogP contribution is 2.34. The standard InChI is InChI=1S/C20H19F2N3O5/c21-14-3-1-13(2-4-14)20(7-9-30-10-8-20)12-23-18(26)19(27)24-15-5-6-16(22)17(11-15)25(28)29/h1-6,11H,7-10,12H2,(H,23,26)(H,24,27). The summed E-state index contributed by atoms with van der Waals surface area (Å²) in [7, 11) is 0. The van der Waals surface area contributed by atoms with Crippen LogP contribution in [0.1, 0.15) is 18.4 Å². The fraction of sp³-hybridized carbons (Fsp3) is 0.300. The van der Waals surface area contributed by atoms with Gasteiger partial charge < -0.3 is 15.4 Å². The molecule has 1 fully saturated rings. The van der Waals surface area contributed by atoms with Gasteiger partial charge in [-0.25, -0.2) is 4.39 Å². The topological polar surface area (TPSA) is 111 Å². The number of anilines is 1. The molecule has 1 saturated heterocycles. The first-order valence-corrected chi connectivity index (χ1v) is 9.18. The van der Waals surface area contributed by atoms with Gasteiger partial charge in [0.2, 0.25) is 5.82 Å². The first-order valence-electron chi connectivity index (χ1n) is 9.18. The first-order chi connectivity index (χ1) is 14.3. The summed E-state index contributed by atoms with van der Waals surface area (Å²) in [6.07, 6.45) is 1.15. The van der Waals surface area contributed by atoms with Crippen LogP contribution < -0.4 is 10.6 Å². The lowest BCUT2D eigenvalue weighted by Gasteiger charge is -2.37. The number of nitro groups is 1. The van der Waals surface area contributed by atoms with Crippen molar-refractivity contribution in [3.05, 3.63) is 69.8 Å². The first kappa shape index (κ1) is 21.3. The van der Waals surface area contributed by atoms with Gasteiger partial charge in [-0.1, -0.05) is 12.1 Å².